The normalized spacial score (nSPS) is 15.7. The van der Waals surface area contributed by atoms with Gasteiger partial charge in [0, 0.05) is 39.3 Å². The topological polar surface area (TPSA) is 65.0 Å². The zero-order valence-corrected chi connectivity index (χ0v) is 18.2. The predicted octanol–water partition coefficient (Wildman–Crippen LogP) is 2.84. The van der Waals surface area contributed by atoms with Gasteiger partial charge in [-0.05, 0) is 45.5 Å². The molecule has 7 heteroatoms. The molecule has 0 saturated carbocycles. The lowest BCUT2D eigenvalue weighted by molar-refractivity contribution is 0.122. The van der Waals surface area contributed by atoms with Crippen LogP contribution in [0.15, 0.2) is 22.7 Å². The number of aliphatic hydroxyl groups excluding tert-OH is 1. The van der Waals surface area contributed by atoms with Crippen LogP contribution in [0, 0.1) is 0 Å². The first-order valence-corrected chi connectivity index (χ1v) is 10.4. The van der Waals surface area contributed by atoms with Gasteiger partial charge in [-0.2, -0.15) is 0 Å². The number of benzene rings is 1. The van der Waals surface area contributed by atoms with Crippen LogP contribution in [0.1, 0.15) is 32.8 Å². The predicted molar refractivity (Wildman–Crippen MR) is 111 cm³/mol. The minimum Gasteiger partial charge on any atom is -0.492 e. The molecule has 1 heterocycles. The summed E-state index contributed by atoms with van der Waals surface area (Å²) in [4.78, 5) is 16.2. The molecule has 1 aromatic carbocycles. The molecule has 1 aliphatic rings. The van der Waals surface area contributed by atoms with E-state index in [9.17, 15) is 4.79 Å². The first kappa shape index (κ1) is 22.0. The van der Waals surface area contributed by atoms with Gasteiger partial charge in [-0.1, -0.05) is 26.8 Å². The molecule has 1 saturated heterocycles. The molecule has 152 valence electrons. The van der Waals surface area contributed by atoms with E-state index in [1.165, 1.54) is 5.56 Å². The van der Waals surface area contributed by atoms with Gasteiger partial charge < -0.3 is 20.1 Å². The molecule has 0 radical (unpaired) electrons. The Hall–Kier alpha value is -1.31. The van der Waals surface area contributed by atoms with E-state index in [-0.39, 0.29) is 18.1 Å². The van der Waals surface area contributed by atoms with Crippen LogP contribution in [-0.4, -0.2) is 73.4 Å². The van der Waals surface area contributed by atoms with Crippen LogP contribution in [0.5, 0.6) is 5.75 Å². The van der Waals surface area contributed by atoms with Crippen molar-refractivity contribution in [3.05, 3.63) is 28.2 Å². The van der Waals surface area contributed by atoms with Crippen LogP contribution < -0.4 is 10.1 Å². The van der Waals surface area contributed by atoms with Crippen molar-refractivity contribution < 1.29 is 14.6 Å². The standard InChI is InChI=1S/C20H32BrN3O3/c1-20(2,3)16-5-6-18(17(21)15-16)27-14-4-7-22-19(26)24-10-8-23(9-11-24)12-13-25/h5-6,15,25H,4,7-14H2,1-3H3,(H,22,26). The maximum absolute atomic E-state index is 12.2. The molecule has 0 atom stereocenters. The lowest BCUT2D eigenvalue weighted by Gasteiger charge is -2.34. The highest BCUT2D eigenvalue weighted by atomic mass is 79.9. The number of urea groups is 1. The Bertz CT molecular complexity index is 611. The minimum absolute atomic E-state index is 0.0191. The number of β-amino-alcohol motifs (C(OH)–C–C–N with tert-alkyl or cyclic N) is 1. The van der Waals surface area contributed by atoms with Crippen LogP contribution in [0.3, 0.4) is 0 Å². The summed E-state index contributed by atoms with van der Waals surface area (Å²) < 4.78 is 6.79. The van der Waals surface area contributed by atoms with Crippen molar-refractivity contribution in [3.8, 4) is 5.75 Å². The van der Waals surface area contributed by atoms with Gasteiger partial charge in [-0.25, -0.2) is 4.79 Å². The molecule has 0 unspecified atom stereocenters. The quantitative estimate of drug-likeness (QED) is 0.638. The van der Waals surface area contributed by atoms with Gasteiger partial charge in [0.05, 0.1) is 17.7 Å². The van der Waals surface area contributed by atoms with E-state index in [2.05, 4.69) is 59.1 Å². The minimum atomic E-state index is -0.0191. The van der Waals surface area contributed by atoms with E-state index >= 15 is 0 Å². The molecule has 0 bridgehead atoms. The first-order chi connectivity index (χ1) is 12.8. The zero-order chi connectivity index (χ0) is 19.9. The Labute approximate surface area is 171 Å². The number of hydrogen-bond donors (Lipinski definition) is 2. The van der Waals surface area contributed by atoms with Crippen molar-refractivity contribution in [1.29, 1.82) is 0 Å². The van der Waals surface area contributed by atoms with E-state index < -0.39 is 0 Å². The van der Waals surface area contributed by atoms with Gasteiger partial charge in [0.2, 0.25) is 0 Å². The van der Waals surface area contributed by atoms with Crippen LogP contribution in [0.2, 0.25) is 0 Å². The van der Waals surface area contributed by atoms with Gasteiger partial charge in [0.1, 0.15) is 5.75 Å². The van der Waals surface area contributed by atoms with Gasteiger partial charge in [0.25, 0.3) is 0 Å². The molecule has 0 aromatic heterocycles. The number of nitrogens with one attached hydrogen (secondary N) is 1. The molecular weight excluding hydrogens is 410 g/mol. The number of hydrogen-bond acceptors (Lipinski definition) is 4. The van der Waals surface area contributed by atoms with Crippen LogP contribution in [0.4, 0.5) is 4.79 Å². The van der Waals surface area contributed by atoms with Gasteiger partial charge in [0.15, 0.2) is 0 Å². The van der Waals surface area contributed by atoms with Gasteiger partial charge in [-0.3, -0.25) is 4.90 Å². The van der Waals surface area contributed by atoms with Crippen LogP contribution in [0.25, 0.3) is 0 Å². The number of rotatable bonds is 7. The Balaban J connectivity index is 1.65. The molecule has 2 amide bonds. The molecule has 1 fully saturated rings. The van der Waals surface area contributed by atoms with Crippen molar-refractivity contribution in [3.63, 3.8) is 0 Å². The summed E-state index contributed by atoms with van der Waals surface area (Å²) in [6.45, 7) is 11.6. The fourth-order valence-electron chi connectivity index (χ4n) is 2.96. The summed E-state index contributed by atoms with van der Waals surface area (Å²) in [6.07, 6.45) is 0.754. The number of ether oxygens (including phenoxy) is 1. The average Bonchev–Trinajstić information content (AvgIpc) is 2.62. The highest BCUT2D eigenvalue weighted by Crippen LogP contribution is 2.31. The highest BCUT2D eigenvalue weighted by molar-refractivity contribution is 9.10. The SMILES string of the molecule is CC(C)(C)c1ccc(OCCCNC(=O)N2CCN(CCO)CC2)c(Br)c1. The van der Waals surface area contributed by atoms with Gasteiger partial charge >= 0.3 is 6.03 Å². The number of nitrogens with zero attached hydrogens (tertiary/aromatic N) is 2. The molecule has 1 aromatic rings. The highest BCUT2D eigenvalue weighted by Gasteiger charge is 2.20. The van der Waals surface area contributed by atoms with Crippen molar-refractivity contribution in [2.75, 3.05) is 52.5 Å². The van der Waals surface area contributed by atoms with E-state index in [1.54, 1.807) is 0 Å². The van der Waals surface area contributed by atoms with Crippen molar-refractivity contribution in [1.82, 2.24) is 15.1 Å². The lowest BCUT2D eigenvalue weighted by Crippen LogP contribution is -2.52. The Morgan fingerprint density at radius 2 is 1.96 bits per heavy atom. The number of aliphatic hydroxyl groups is 1. The second-order valence-corrected chi connectivity index (χ2v) is 8.74. The molecule has 27 heavy (non-hydrogen) atoms. The van der Waals surface area contributed by atoms with E-state index in [1.807, 2.05) is 11.0 Å². The number of carbonyl (C=O) groups is 1. The lowest BCUT2D eigenvalue weighted by atomic mass is 9.87. The average molecular weight is 442 g/mol. The van der Waals surface area contributed by atoms with Crippen molar-refractivity contribution >= 4 is 22.0 Å². The third kappa shape index (κ3) is 6.97. The largest absolute Gasteiger partial charge is 0.492 e. The molecule has 0 aliphatic carbocycles. The molecule has 6 nitrogen and oxygen atoms in total. The summed E-state index contributed by atoms with van der Waals surface area (Å²) in [5.74, 6) is 0.828. The number of carbonyl (C=O) groups excluding carboxylic acids is 1. The third-order valence-electron chi connectivity index (χ3n) is 4.73. The summed E-state index contributed by atoms with van der Waals surface area (Å²) in [7, 11) is 0. The number of amides is 2. The second kappa shape index (κ2) is 10.3. The maximum atomic E-state index is 12.2. The van der Waals surface area contributed by atoms with Crippen LogP contribution >= 0.6 is 15.9 Å². The summed E-state index contributed by atoms with van der Waals surface area (Å²) in [6, 6.07) is 6.18. The van der Waals surface area contributed by atoms with Crippen molar-refractivity contribution in [2.24, 2.45) is 0 Å². The zero-order valence-electron chi connectivity index (χ0n) is 16.6. The number of piperazine rings is 1. The summed E-state index contributed by atoms with van der Waals surface area (Å²) in [5.41, 5.74) is 1.36. The fraction of sp³-hybridized carbons (Fsp3) is 0.650. The summed E-state index contributed by atoms with van der Waals surface area (Å²) >= 11 is 3.58. The molecule has 1 aliphatic heterocycles. The maximum Gasteiger partial charge on any atom is 0.317 e. The fourth-order valence-corrected chi connectivity index (χ4v) is 3.46. The molecular formula is C20H32BrN3O3. The Kier molecular flexibility index (Phi) is 8.38. The monoisotopic (exact) mass is 441 g/mol. The number of halogens is 1. The third-order valence-corrected chi connectivity index (χ3v) is 5.35. The second-order valence-electron chi connectivity index (χ2n) is 7.88. The van der Waals surface area contributed by atoms with Crippen LogP contribution in [-0.2, 0) is 5.41 Å². The summed E-state index contributed by atoms with van der Waals surface area (Å²) in [5, 5.41) is 11.9. The first-order valence-electron chi connectivity index (χ1n) is 9.60. The Morgan fingerprint density at radius 3 is 2.56 bits per heavy atom. The van der Waals surface area contributed by atoms with Gasteiger partial charge in [-0.15, -0.1) is 0 Å². The molecule has 2 rings (SSSR count). The Morgan fingerprint density at radius 1 is 1.26 bits per heavy atom. The molecule has 2 N–H and O–H groups in total. The van der Waals surface area contributed by atoms with Crippen molar-refractivity contribution in [2.45, 2.75) is 32.6 Å². The van der Waals surface area contributed by atoms with E-state index in [0.717, 1.165) is 29.7 Å². The molecule has 0 spiro atoms. The van der Waals surface area contributed by atoms with E-state index in [4.69, 9.17) is 9.84 Å². The smallest absolute Gasteiger partial charge is 0.317 e. The van der Waals surface area contributed by atoms with E-state index in [0.29, 0.717) is 32.8 Å².